The Kier molecular flexibility index (Phi) is 10.7. The second-order valence-corrected chi connectivity index (χ2v) is 9.60. The zero-order valence-corrected chi connectivity index (χ0v) is 22.1. The molecule has 0 aliphatic heterocycles. The Morgan fingerprint density at radius 1 is 0.811 bits per heavy atom. The van der Waals surface area contributed by atoms with Crippen LogP contribution in [0, 0.1) is 18.8 Å². The highest BCUT2D eigenvalue weighted by molar-refractivity contribution is 5.90. The van der Waals surface area contributed by atoms with Gasteiger partial charge in [0.1, 0.15) is 0 Å². The van der Waals surface area contributed by atoms with Gasteiger partial charge in [0.25, 0.3) is 0 Å². The Morgan fingerprint density at radius 3 is 1.76 bits per heavy atom. The molecule has 1 fully saturated rings. The van der Waals surface area contributed by atoms with Crippen molar-refractivity contribution < 1.29 is 28.5 Å². The standard InChI is InChI=1S/C31H38O6/c1-6-24-12-14-28(15-13-24)30(32)36-22(4)34-19-25-8-10-26(11-9-25)20-35-23(5)37-31(33)29-17-16-27(7-2)21(3)18-29/h6-7,12-18,22-23,25-26H,1-2,8-11,19-20H2,3-5H3. The fourth-order valence-electron chi connectivity index (χ4n) is 4.40. The molecule has 0 spiro atoms. The lowest BCUT2D eigenvalue weighted by atomic mass is 9.83. The van der Waals surface area contributed by atoms with Gasteiger partial charge in [-0.15, -0.1) is 0 Å². The number of benzene rings is 2. The first-order valence-electron chi connectivity index (χ1n) is 12.9. The van der Waals surface area contributed by atoms with Crippen molar-refractivity contribution in [2.24, 2.45) is 11.8 Å². The van der Waals surface area contributed by atoms with Gasteiger partial charge in [0, 0.05) is 0 Å². The van der Waals surface area contributed by atoms with Crippen molar-refractivity contribution in [3.05, 3.63) is 83.4 Å². The molecule has 0 aromatic heterocycles. The summed E-state index contributed by atoms with van der Waals surface area (Å²) in [5, 5.41) is 0. The molecular formula is C31H38O6. The third kappa shape index (κ3) is 8.69. The van der Waals surface area contributed by atoms with E-state index in [1.54, 1.807) is 50.3 Å². The minimum absolute atomic E-state index is 0.393. The lowest BCUT2D eigenvalue weighted by molar-refractivity contribution is -0.119. The molecule has 0 amide bonds. The fourth-order valence-corrected chi connectivity index (χ4v) is 4.40. The van der Waals surface area contributed by atoms with E-state index in [9.17, 15) is 9.59 Å². The second-order valence-electron chi connectivity index (χ2n) is 9.60. The Labute approximate surface area is 220 Å². The van der Waals surface area contributed by atoms with Crippen LogP contribution in [-0.2, 0) is 18.9 Å². The molecule has 1 aliphatic carbocycles. The van der Waals surface area contributed by atoms with Crippen LogP contribution in [0.2, 0.25) is 0 Å². The number of hydrogen-bond acceptors (Lipinski definition) is 6. The molecule has 1 saturated carbocycles. The van der Waals surface area contributed by atoms with Crippen molar-refractivity contribution in [3.63, 3.8) is 0 Å². The summed E-state index contributed by atoms with van der Waals surface area (Å²) in [6.07, 6.45) is 6.32. The smallest absolute Gasteiger partial charge is 0.340 e. The number of rotatable bonds is 12. The highest BCUT2D eigenvalue weighted by atomic mass is 16.7. The van der Waals surface area contributed by atoms with E-state index >= 15 is 0 Å². The highest BCUT2D eigenvalue weighted by Crippen LogP contribution is 2.30. The molecule has 6 nitrogen and oxygen atoms in total. The summed E-state index contributed by atoms with van der Waals surface area (Å²) >= 11 is 0. The largest absolute Gasteiger partial charge is 0.432 e. The zero-order valence-electron chi connectivity index (χ0n) is 22.1. The van der Waals surface area contributed by atoms with Crippen LogP contribution in [0.1, 0.15) is 76.9 Å². The molecule has 37 heavy (non-hydrogen) atoms. The maximum Gasteiger partial charge on any atom is 0.340 e. The molecule has 0 heterocycles. The van der Waals surface area contributed by atoms with E-state index < -0.39 is 24.5 Å². The average molecular weight is 507 g/mol. The summed E-state index contributed by atoms with van der Waals surface area (Å²) in [4.78, 5) is 24.7. The highest BCUT2D eigenvalue weighted by Gasteiger charge is 2.24. The van der Waals surface area contributed by atoms with Crippen LogP contribution in [0.25, 0.3) is 12.2 Å². The number of esters is 2. The van der Waals surface area contributed by atoms with Gasteiger partial charge in [-0.2, -0.15) is 0 Å². The monoisotopic (exact) mass is 506 g/mol. The summed E-state index contributed by atoms with van der Waals surface area (Å²) in [7, 11) is 0. The van der Waals surface area contributed by atoms with Crippen LogP contribution in [0.3, 0.4) is 0 Å². The Hall–Kier alpha value is -3.22. The van der Waals surface area contributed by atoms with Crippen LogP contribution in [0.5, 0.6) is 0 Å². The van der Waals surface area contributed by atoms with Crippen molar-refractivity contribution in [1.29, 1.82) is 0 Å². The number of ether oxygens (including phenoxy) is 4. The predicted octanol–water partition coefficient (Wildman–Crippen LogP) is 6.83. The molecule has 0 radical (unpaired) electrons. The number of carbonyl (C=O) groups excluding carboxylic acids is 2. The van der Waals surface area contributed by atoms with Gasteiger partial charge in [-0.25, -0.2) is 9.59 Å². The molecule has 2 atom stereocenters. The van der Waals surface area contributed by atoms with Gasteiger partial charge >= 0.3 is 11.9 Å². The number of hydrogen-bond donors (Lipinski definition) is 0. The Morgan fingerprint density at radius 2 is 1.30 bits per heavy atom. The summed E-state index contributed by atoms with van der Waals surface area (Å²) in [5.41, 5.74) is 3.91. The van der Waals surface area contributed by atoms with Crippen LogP contribution >= 0.6 is 0 Å². The van der Waals surface area contributed by atoms with E-state index in [0.29, 0.717) is 36.2 Å². The predicted molar refractivity (Wildman–Crippen MR) is 145 cm³/mol. The first-order valence-corrected chi connectivity index (χ1v) is 12.9. The third-order valence-electron chi connectivity index (χ3n) is 6.75. The lowest BCUT2D eigenvalue weighted by Crippen LogP contribution is -2.27. The lowest BCUT2D eigenvalue weighted by Gasteiger charge is -2.29. The van der Waals surface area contributed by atoms with Gasteiger partial charge in [0.15, 0.2) is 12.6 Å². The normalized spacial score (nSPS) is 18.9. The molecule has 6 heteroatoms. The quantitative estimate of drug-likeness (QED) is 0.232. The van der Waals surface area contributed by atoms with E-state index in [4.69, 9.17) is 18.9 Å². The molecule has 2 aromatic carbocycles. The first kappa shape index (κ1) is 28.4. The van der Waals surface area contributed by atoms with Gasteiger partial charge in [0.2, 0.25) is 0 Å². The molecule has 2 aromatic rings. The van der Waals surface area contributed by atoms with Gasteiger partial charge in [-0.3, -0.25) is 0 Å². The fraction of sp³-hybridized carbons (Fsp3) is 0.419. The molecule has 1 aliphatic rings. The SMILES string of the molecule is C=Cc1ccc(C(=O)OC(C)OCC2CCC(COC(C)OC(=O)c3ccc(C=C)c(C)c3)CC2)cc1. The van der Waals surface area contributed by atoms with Gasteiger partial charge in [-0.05, 0) is 99.2 Å². The van der Waals surface area contributed by atoms with E-state index in [1.165, 1.54) is 0 Å². The van der Waals surface area contributed by atoms with Crippen LogP contribution in [0.15, 0.2) is 55.6 Å². The number of aryl methyl sites for hydroxylation is 1. The minimum atomic E-state index is -0.614. The summed E-state index contributed by atoms with van der Waals surface area (Å²) in [5.74, 6) is 0.0417. The maximum absolute atomic E-state index is 12.4. The molecule has 0 N–H and O–H groups in total. The third-order valence-corrected chi connectivity index (χ3v) is 6.75. The second kappa shape index (κ2) is 13.9. The van der Waals surface area contributed by atoms with Crippen molar-refractivity contribution in [3.8, 4) is 0 Å². The van der Waals surface area contributed by atoms with Gasteiger partial charge in [0.05, 0.1) is 24.3 Å². The minimum Gasteiger partial charge on any atom is -0.432 e. The van der Waals surface area contributed by atoms with E-state index in [-0.39, 0.29) is 0 Å². The molecule has 3 rings (SSSR count). The van der Waals surface area contributed by atoms with Crippen LogP contribution < -0.4 is 0 Å². The maximum atomic E-state index is 12.4. The molecule has 2 unspecified atom stereocenters. The Balaban J connectivity index is 1.31. The van der Waals surface area contributed by atoms with Gasteiger partial charge in [-0.1, -0.05) is 43.5 Å². The van der Waals surface area contributed by atoms with Crippen molar-refractivity contribution in [1.82, 2.24) is 0 Å². The van der Waals surface area contributed by atoms with Crippen molar-refractivity contribution in [2.75, 3.05) is 13.2 Å². The topological polar surface area (TPSA) is 71.1 Å². The zero-order chi connectivity index (χ0) is 26.8. The van der Waals surface area contributed by atoms with E-state index in [1.807, 2.05) is 25.1 Å². The molecule has 0 bridgehead atoms. The van der Waals surface area contributed by atoms with Crippen LogP contribution in [0.4, 0.5) is 0 Å². The summed E-state index contributed by atoms with van der Waals surface area (Å²) in [6.45, 7) is 14.0. The van der Waals surface area contributed by atoms with Gasteiger partial charge < -0.3 is 18.9 Å². The Bertz CT molecular complexity index is 1070. The first-order chi connectivity index (χ1) is 17.8. The van der Waals surface area contributed by atoms with E-state index in [2.05, 4.69) is 13.2 Å². The summed E-state index contributed by atoms with van der Waals surface area (Å²) < 4.78 is 22.5. The molecular weight excluding hydrogens is 468 g/mol. The van der Waals surface area contributed by atoms with Crippen molar-refractivity contribution >= 4 is 24.1 Å². The van der Waals surface area contributed by atoms with Crippen LogP contribution in [-0.4, -0.2) is 37.7 Å². The number of carbonyl (C=O) groups is 2. The average Bonchev–Trinajstić information content (AvgIpc) is 2.91. The summed E-state index contributed by atoms with van der Waals surface area (Å²) in [6, 6.07) is 12.5. The van der Waals surface area contributed by atoms with Crippen molar-refractivity contribution in [2.45, 2.75) is 59.0 Å². The van der Waals surface area contributed by atoms with E-state index in [0.717, 1.165) is 42.4 Å². The molecule has 198 valence electrons. The molecule has 0 saturated heterocycles.